The summed E-state index contributed by atoms with van der Waals surface area (Å²) in [7, 11) is -0.596. The van der Waals surface area contributed by atoms with Crippen LogP contribution < -0.4 is 9.80 Å². The van der Waals surface area contributed by atoms with E-state index in [9.17, 15) is 13.2 Å². The van der Waals surface area contributed by atoms with Gasteiger partial charge >= 0.3 is 0 Å². The van der Waals surface area contributed by atoms with Gasteiger partial charge in [-0.05, 0) is 49.6 Å². The van der Waals surface area contributed by atoms with Crippen molar-refractivity contribution in [2.24, 2.45) is 0 Å². The molecule has 2 heterocycles. The first-order valence-corrected chi connectivity index (χ1v) is 12.7. The van der Waals surface area contributed by atoms with Crippen LogP contribution in [-0.4, -0.2) is 76.9 Å². The number of piperidine rings is 1. The normalized spacial score (nSPS) is 17.7. The standard InChI is InChI=1S/C24H32N4O3S/c1-25(2)32(30,31)21-11-12-23(27-13-7-4-8-14-27)22(19-21)24(29)28-17-15-26(16-18-28)20-9-5-3-6-10-20/h3,5-6,9-12,19H,4,7-8,13-18H2,1-2H3. The molecular formula is C24H32N4O3S. The van der Waals surface area contributed by atoms with Gasteiger partial charge in [0.2, 0.25) is 10.0 Å². The van der Waals surface area contributed by atoms with Gasteiger partial charge in [-0.1, -0.05) is 18.2 Å². The summed E-state index contributed by atoms with van der Waals surface area (Å²) in [5, 5.41) is 0. The first kappa shape index (κ1) is 22.6. The van der Waals surface area contributed by atoms with Crippen LogP contribution in [0.1, 0.15) is 29.6 Å². The van der Waals surface area contributed by atoms with Crippen molar-refractivity contribution < 1.29 is 13.2 Å². The van der Waals surface area contributed by atoms with Crippen LogP contribution in [0.25, 0.3) is 0 Å². The van der Waals surface area contributed by atoms with Crippen molar-refractivity contribution in [1.29, 1.82) is 0 Å². The van der Waals surface area contributed by atoms with Gasteiger partial charge in [-0.15, -0.1) is 0 Å². The van der Waals surface area contributed by atoms with Crippen molar-refractivity contribution >= 4 is 27.3 Å². The van der Waals surface area contributed by atoms with Crippen molar-refractivity contribution in [3.05, 3.63) is 54.1 Å². The van der Waals surface area contributed by atoms with E-state index < -0.39 is 10.0 Å². The summed E-state index contributed by atoms with van der Waals surface area (Å²) in [6.45, 7) is 4.51. The number of piperazine rings is 1. The predicted octanol–water partition coefficient (Wildman–Crippen LogP) is 2.89. The van der Waals surface area contributed by atoms with Gasteiger partial charge in [0.05, 0.1) is 10.5 Å². The Morgan fingerprint density at radius 2 is 1.47 bits per heavy atom. The minimum absolute atomic E-state index is 0.0888. The van der Waals surface area contributed by atoms with E-state index in [4.69, 9.17) is 0 Å². The third-order valence-corrected chi connectivity index (χ3v) is 8.17. The Balaban J connectivity index is 1.60. The zero-order valence-electron chi connectivity index (χ0n) is 18.9. The maximum atomic E-state index is 13.6. The van der Waals surface area contributed by atoms with Crippen LogP contribution in [0.4, 0.5) is 11.4 Å². The fraction of sp³-hybridized carbons (Fsp3) is 0.458. The van der Waals surface area contributed by atoms with Gasteiger partial charge in [0.15, 0.2) is 0 Å². The van der Waals surface area contributed by atoms with Gasteiger partial charge in [0, 0.05) is 64.7 Å². The minimum Gasteiger partial charge on any atom is -0.371 e. The second-order valence-corrected chi connectivity index (χ2v) is 10.8. The average Bonchev–Trinajstić information content (AvgIpc) is 2.84. The zero-order valence-corrected chi connectivity index (χ0v) is 19.7. The molecule has 0 unspecified atom stereocenters. The molecule has 32 heavy (non-hydrogen) atoms. The van der Waals surface area contributed by atoms with E-state index in [0.29, 0.717) is 18.7 Å². The Morgan fingerprint density at radius 1 is 0.812 bits per heavy atom. The monoisotopic (exact) mass is 456 g/mol. The fourth-order valence-corrected chi connectivity index (χ4v) is 5.37. The average molecular weight is 457 g/mol. The van der Waals surface area contributed by atoms with E-state index in [0.717, 1.165) is 50.4 Å². The molecule has 1 amide bonds. The van der Waals surface area contributed by atoms with Crippen molar-refractivity contribution in [3.8, 4) is 0 Å². The molecule has 0 radical (unpaired) electrons. The number of hydrogen-bond donors (Lipinski definition) is 0. The highest BCUT2D eigenvalue weighted by molar-refractivity contribution is 7.89. The summed E-state index contributed by atoms with van der Waals surface area (Å²) in [4.78, 5) is 20.1. The predicted molar refractivity (Wildman–Crippen MR) is 128 cm³/mol. The molecule has 0 N–H and O–H groups in total. The Hall–Kier alpha value is -2.58. The summed E-state index contributed by atoms with van der Waals surface area (Å²) < 4.78 is 26.7. The van der Waals surface area contributed by atoms with Crippen LogP contribution in [0.2, 0.25) is 0 Å². The van der Waals surface area contributed by atoms with E-state index in [1.165, 1.54) is 24.8 Å². The molecule has 0 spiro atoms. The molecule has 0 atom stereocenters. The lowest BCUT2D eigenvalue weighted by atomic mass is 10.1. The molecule has 2 saturated heterocycles. The third kappa shape index (κ3) is 4.61. The van der Waals surface area contributed by atoms with Gasteiger partial charge in [-0.3, -0.25) is 4.79 Å². The molecule has 2 aliphatic rings. The molecule has 2 aromatic carbocycles. The summed E-state index contributed by atoms with van der Waals surface area (Å²) in [6, 6.07) is 15.2. The second kappa shape index (κ2) is 9.50. The molecule has 0 saturated carbocycles. The number of para-hydroxylation sites is 1. The number of sulfonamides is 1. The number of carbonyl (C=O) groups is 1. The van der Waals surface area contributed by atoms with Crippen LogP contribution >= 0.6 is 0 Å². The zero-order chi connectivity index (χ0) is 22.7. The third-order valence-electron chi connectivity index (χ3n) is 6.36. The summed E-state index contributed by atoms with van der Waals surface area (Å²) in [5.74, 6) is -0.0888. The van der Waals surface area contributed by atoms with Crippen molar-refractivity contribution in [2.75, 3.05) is 63.2 Å². The van der Waals surface area contributed by atoms with Gasteiger partial charge < -0.3 is 14.7 Å². The Morgan fingerprint density at radius 3 is 2.09 bits per heavy atom. The molecule has 2 aliphatic heterocycles. The molecule has 0 aromatic heterocycles. The molecule has 172 valence electrons. The van der Waals surface area contributed by atoms with E-state index in [-0.39, 0.29) is 10.8 Å². The van der Waals surface area contributed by atoms with Crippen molar-refractivity contribution in [3.63, 3.8) is 0 Å². The lowest BCUT2D eigenvalue weighted by molar-refractivity contribution is 0.0747. The molecule has 8 heteroatoms. The van der Waals surface area contributed by atoms with E-state index in [1.54, 1.807) is 12.1 Å². The number of anilines is 2. The van der Waals surface area contributed by atoms with E-state index in [1.807, 2.05) is 29.2 Å². The molecule has 7 nitrogen and oxygen atoms in total. The van der Waals surface area contributed by atoms with E-state index in [2.05, 4.69) is 21.9 Å². The number of rotatable bonds is 5. The Kier molecular flexibility index (Phi) is 6.71. The molecule has 2 aromatic rings. The molecule has 0 aliphatic carbocycles. The highest BCUT2D eigenvalue weighted by Crippen LogP contribution is 2.29. The minimum atomic E-state index is -3.62. The summed E-state index contributed by atoms with van der Waals surface area (Å²) >= 11 is 0. The number of hydrogen-bond acceptors (Lipinski definition) is 5. The summed E-state index contributed by atoms with van der Waals surface area (Å²) in [5.41, 5.74) is 2.49. The van der Waals surface area contributed by atoms with Crippen molar-refractivity contribution in [2.45, 2.75) is 24.2 Å². The van der Waals surface area contributed by atoms with Crippen LogP contribution in [0.15, 0.2) is 53.4 Å². The second-order valence-electron chi connectivity index (χ2n) is 8.63. The summed E-state index contributed by atoms with van der Waals surface area (Å²) in [6.07, 6.45) is 3.36. The lowest BCUT2D eigenvalue weighted by Gasteiger charge is -2.37. The molecule has 4 rings (SSSR count). The van der Waals surface area contributed by atoms with Crippen LogP contribution in [0, 0.1) is 0 Å². The number of benzene rings is 2. The SMILES string of the molecule is CN(C)S(=O)(=O)c1ccc(N2CCCCC2)c(C(=O)N2CCN(c3ccccc3)CC2)c1. The van der Waals surface area contributed by atoms with Gasteiger partial charge in [-0.25, -0.2) is 12.7 Å². The number of amides is 1. The van der Waals surface area contributed by atoms with E-state index >= 15 is 0 Å². The first-order valence-electron chi connectivity index (χ1n) is 11.3. The topological polar surface area (TPSA) is 64.2 Å². The fourth-order valence-electron chi connectivity index (χ4n) is 4.45. The van der Waals surface area contributed by atoms with Crippen LogP contribution in [0.3, 0.4) is 0 Å². The number of nitrogens with zero attached hydrogens (tertiary/aromatic N) is 4. The van der Waals surface area contributed by atoms with Crippen LogP contribution in [0.5, 0.6) is 0 Å². The van der Waals surface area contributed by atoms with Gasteiger partial charge in [0.1, 0.15) is 0 Å². The molecule has 2 fully saturated rings. The Bertz CT molecular complexity index is 1040. The smallest absolute Gasteiger partial charge is 0.256 e. The number of carbonyl (C=O) groups excluding carboxylic acids is 1. The highest BCUT2D eigenvalue weighted by Gasteiger charge is 2.28. The largest absolute Gasteiger partial charge is 0.371 e. The maximum absolute atomic E-state index is 13.6. The lowest BCUT2D eigenvalue weighted by Crippen LogP contribution is -2.49. The Labute approximate surface area is 191 Å². The van der Waals surface area contributed by atoms with Gasteiger partial charge in [-0.2, -0.15) is 0 Å². The highest BCUT2D eigenvalue weighted by atomic mass is 32.2. The van der Waals surface area contributed by atoms with Crippen molar-refractivity contribution in [1.82, 2.24) is 9.21 Å². The quantitative estimate of drug-likeness (QED) is 0.692. The first-order chi connectivity index (χ1) is 15.4. The molecule has 0 bridgehead atoms. The van der Waals surface area contributed by atoms with Gasteiger partial charge in [0.25, 0.3) is 5.91 Å². The molecular weight excluding hydrogens is 424 g/mol. The maximum Gasteiger partial charge on any atom is 0.256 e. The van der Waals surface area contributed by atoms with Crippen LogP contribution in [-0.2, 0) is 10.0 Å².